The van der Waals surface area contributed by atoms with Crippen LogP contribution in [0.1, 0.15) is 31.0 Å². The first-order chi connectivity index (χ1) is 19.4. The number of hydrogen-bond acceptors (Lipinski definition) is 11. The quantitative estimate of drug-likeness (QED) is 0.216. The summed E-state index contributed by atoms with van der Waals surface area (Å²) in [5.74, 6) is 1.22. The number of nitrogens with one attached hydrogen (secondary N) is 2. The molecule has 0 aliphatic carbocycles. The Morgan fingerprint density at radius 1 is 1.00 bits per heavy atom. The van der Waals surface area contributed by atoms with Crippen LogP contribution in [0.5, 0.6) is 0 Å². The second-order valence-electron chi connectivity index (χ2n) is 9.79. The van der Waals surface area contributed by atoms with Crippen molar-refractivity contribution < 1.29 is 19.3 Å². The lowest BCUT2D eigenvalue weighted by molar-refractivity contribution is 0.101. The van der Waals surface area contributed by atoms with E-state index in [9.17, 15) is 10.1 Å². The third-order valence-electron chi connectivity index (χ3n) is 6.67. The predicted molar refractivity (Wildman–Crippen MR) is 150 cm³/mol. The van der Waals surface area contributed by atoms with Crippen molar-refractivity contribution in [1.82, 2.24) is 25.1 Å². The van der Waals surface area contributed by atoms with Gasteiger partial charge in [0, 0.05) is 18.1 Å². The summed E-state index contributed by atoms with van der Waals surface area (Å²) < 4.78 is 11.2. The maximum Gasteiger partial charge on any atom is 0.492 e. The summed E-state index contributed by atoms with van der Waals surface area (Å²) in [5, 5.41) is 31.0. The zero-order valence-corrected chi connectivity index (χ0v) is 21.8. The molecule has 0 saturated heterocycles. The van der Waals surface area contributed by atoms with E-state index >= 15 is 0 Å². The van der Waals surface area contributed by atoms with Gasteiger partial charge >= 0.3 is 7.12 Å². The van der Waals surface area contributed by atoms with Crippen molar-refractivity contribution in [2.24, 2.45) is 0 Å². The number of rotatable bonds is 8. The Kier molecular flexibility index (Phi) is 6.72. The highest BCUT2D eigenvalue weighted by Gasteiger charge is 2.40. The van der Waals surface area contributed by atoms with Gasteiger partial charge < -0.3 is 29.9 Å². The number of fused-ring (bicyclic) bond motifs is 1. The van der Waals surface area contributed by atoms with E-state index in [4.69, 9.17) is 14.2 Å². The van der Waals surface area contributed by atoms with Gasteiger partial charge in [-0.25, -0.2) is 4.98 Å². The van der Waals surface area contributed by atoms with Crippen LogP contribution in [0, 0.1) is 0 Å². The first-order valence-corrected chi connectivity index (χ1v) is 12.7. The lowest BCUT2D eigenvalue weighted by Gasteiger charge is -2.21. The standard InChI is InChI=1S/C28H26BN7O4/c1-28(2)20-14-18(11-12-21(20)29(38)40-28)32-27-31-15-19(26-34-25(36-39-26)22-10-6-7-13-30-22)24(35-27)33-23(16-37)17-8-4-3-5-9-17/h3-15,23,37-38H,16H2,1-2H3,(H2,31,32,33,35)/t23-/m1/s1. The predicted octanol–water partition coefficient (Wildman–Crippen LogP) is 3.43. The van der Waals surface area contributed by atoms with Gasteiger partial charge in [-0.3, -0.25) is 4.98 Å². The molecule has 6 rings (SSSR count). The average Bonchev–Trinajstić information content (AvgIpc) is 3.55. The van der Waals surface area contributed by atoms with Crippen molar-refractivity contribution in [3.8, 4) is 23.0 Å². The van der Waals surface area contributed by atoms with Gasteiger partial charge in [0.2, 0.25) is 11.8 Å². The third-order valence-corrected chi connectivity index (χ3v) is 6.67. The van der Waals surface area contributed by atoms with Crippen LogP contribution in [-0.4, -0.2) is 48.9 Å². The summed E-state index contributed by atoms with van der Waals surface area (Å²) in [6.07, 6.45) is 3.23. The number of hydrogen-bond donors (Lipinski definition) is 4. The molecule has 4 N–H and O–H groups in total. The zero-order valence-electron chi connectivity index (χ0n) is 21.8. The molecule has 11 nitrogen and oxygen atoms in total. The minimum atomic E-state index is -0.968. The number of aliphatic hydroxyl groups is 1. The summed E-state index contributed by atoms with van der Waals surface area (Å²) in [5.41, 5.74) is 3.58. The Labute approximate surface area is 230 Å². The normalized spacial score (nSPS) is 14.6. The summed E-state index contributed by atoms with van der Waals surface area (Å²) >= 11 is 0. The van der Waals surface area contributed by atoms with Gasteiger partial charge in [0.1, 0.15) is 17.1 Å². The van der Waals surface area contributed by atoms with Gasteiger partial charge in [-0.1, -0.05) is 47.6 Å². The van der Waals surface area contributed by atoms with Crippen LogP contribution in [0.2, 0.25) is 0 Å². The van der Waals surface area contributed by atoms with E-state index < -0.39 is 18.8 Å². The molecule has 1 aliphatic heterocycles. The van der Waals surface area contributed by atoms with Crippen LogP contribution >= 0.6 is 0 Å². The van der Waals surface area contributed by atoms with Crippen molar-refractivity contribution in [1.29, 1.82) is 0 Å². The molecule has 0 unspecified atom stereocenters. The van der Waals surface area contributed by atoms with Crippen LogP contribution in [0.15, 0.2) is 83.6 Å². The number of benzene rings is 2. The van der Waals surface area contributed by atoms with E-state index in [1.54, 1.807) is 18.5 Å². The van der Waals surface area contributed by atoms with Crippen molar-refractivity contribution in [2.75, 3.05) is 17.2 Å². The topological polar surface area (TPSA) is 151 Å². The molecular weight excluding hydrogens is 509 g/mol. The molecule has 12 heteroatoms. The molecule has 0 bridgehead atoms. The number of aromatic nitrogens is 5. The molecule has 0 spiro atoms. The highest BCUT2D eigenvalue weighted by Crippen LogP contribution is 2.33. The summed E-state index contributed by atoms with van der Waals surface area (Å²) in [6, 6.07) is 20.1. The van der Waals surface area contributed by atoms with Gasteiger partial charge in [-0.2, -0.15) is 9.97 Å². The Morgan fingerprint density at radius 3 is 2.60 bits per heavy atom. The van der Waals surface area contributed by atoms with E-state index in [0.29, 0.717) is 28.8 Å². The molecule has 2 aromatic carbocycles. The molecule has 5 aromatic rings. The molecule has 1 aliphatic rings. The van der Waals surface area contributed by atoms with Crippen molar-refractivity contribution in [3.05, 3.63) is 90.3 Å². The lowest BCUT2D eigenvalue weighted by atomic mass is 9.78. The fourth-order valence-electron chi connectivity index (χ4n) is 4.63. The van der Waals surface area contributed by atoms with Gasteiger partial charge in [0.25, 0.3) is 5.89 Å². The number of aliphatic hydroxyl groups excluding tert-OH is 1. The lowest BCUT2D eigenvalue weighted by Crippen LogP contribution is -2.28. The van der Waals surface area contributed by atoms with E-state index in [1.165, 1.54) is 0 Å². The summed E-state index contributed by atoms with van der Waals surface area (Å²) in [6.45, 7) is 3.63. The largest absolute Gasteiger partial charge is 0.492 e. The maximum atomic E-state index is 10.2. The highest BCUT2D eigenvalue weighted by atomic mass is 16.5. The van der Waals surface area contributed by atoms with E-state index in [0.717, 1.165) is 22.3 Å². The minimum absolute atomic E-state index is 0.179. The number of pyridine rings is 1. The molecule has 40 heavy (non-hydrogen) atoms. The molecular formula is C28H26BN7O4. The first-order valence-electron chi connectivity index (χ1n) is 12.7. The third kappa shape index (κ3) is 5.03. The molecule has 1 atom stereocenters. The maximum absolute atomic E-state index is 10.2. The number of nitrogens with zero attached hydrogens (tertiary/aromatic N) is 5. The Bertz CT molecular complexity index is 1630. The summed E-state index contributed by atoms with van der Waals surface area (Å²) in [4.78, 5) is 18.0. The number of anilines is 3. The summed E-state index contributed by atoms with van der Waals surface area (Å²) in [7, 11) is -0.968. The van der Waals surface area contributed by atoms with Gasteiger partial charge in [0.15, 0.2) is 0 Å². The molecule has 0 radical (unpaired) electrons. The molecule has 4 heterocycles. The second-order valence-corrected chi connectivity index (χ2v) is 9.79. The molecule has 3 aromatic heterocycles. The smallest absolute Gasteiger partial charge is 0.423 e. The monoisotopic (exact) mass is 535 g/mol. The first kappa shape index (κ1) is 25.6. The van der Waals surface area contributed by atoms with E-state index in [1.807, 2.05) is 74.5 Å². The van der Waals surface area contributed by atoms with Gasteiger partial charge in [0.05, 0.1) is 18.2 Å². The minimum Gasteiger partial charge on any atom is -0.423 e. The van der Waals surface area contributed by atoms with E-state index in [2.05, 4.69) is 30.7 Å². The van der Waals surface area contributed by atoms with Gasteiger partial charge in [-0.05, 0) is 54.7 Å². The fraction of sp³-hybridized carbons (Fsp3) is 0.179. The second kappa shape index (κ2) is 10.5. The van der Waals surface area contributed by atoms with Crippen LogP contribution < -0.4 is 16.1 Å². The van der Waals surface area contributed by atoms with Crippen LogP contribution in [0.25, 0.3) is 23.0 Å². The molecule has 0 amide bonds. The highest BCUT2D eigenvalue weighted by molar-refractivity contribution is 6.62. The molecule has 200 valence electrons. The van der Waals surface area contributed by atoms with Crippen molar-refractivity contribution in [3.63, 3.8) is 0 Å². The van der Waals surface area contributed by atoms with Crippen LogP contribution in [0.3, 0.4) is 0 Å². The Balaban J connectivity index is 1.36. The SMILES string of the molecule is CC1(C)OB(O)c2ccc(Nc3ncc(-c4nc(-c5ccccn5)no4)c(N[C@H](CO)c4ccccc4)n3)cc21. The fourth-order valence-corrected chi connectivity index (χ4v) is 4.63. The molecule has 0 saturated carbocycles. The van der Waals surface area contributed by atoms with Crippen molar-refractivity contribution in [2.45, 2.75) is 25.5 Å². The molecule has 0 fully saturated rings. The van der Waals surface area contributed by atoms with Crippen LogP contribution in [-0.2, 0) is 10.3 Å². The zero-order chi connectivity index (χ0) is 27.7. The van der Waals surface area contributed by atoms with Crippen LogP contribution in [0.4, 0.5) is 17.5 Å². The Morgan fingerprint density at radius 2 is 1.82 bits per heavy atom. The van der Waals surface area contributed by atoms with E-state index in [-0.39, 0.29) is 12.5 Å². The Hall–Kier alpha value is -4.65. The van der Waals surface area contributed by atoms with Crippen molar-refractivity contribution >= 4 is 30.0 Å². The van der Waals surface area contributed by atoms with Gasteiger partial charge in [-0.15, -0.1) is 0 Å². The average molecular weight is 535 g/mol.